The van der Waals surface area contributed by atoms with Crippen LogP contribution in [0.1, 0.15) is 5.56 Å². The summed E-state index contributed by atoms with van der Waals surface area (Å²) < 4.78 is 1.81. The first-order chi connectivity index (χ1) is 8.58. The summed E-state index contributed by atoms with van der Waals surface area (Å²) in [6.07, 6.45) is 1.58. The van der Waals surface area contributed by atoms with Gasteiger partial charge in [-0.15, -0.1) is 0 Å². The summed E-state index contributed by atoms with van der Waals surface area (Å²) in [6.45, 7) is 0.603. The van der Waals surface area contributed by atoms with Crippen LogP contribution in [0.3, 0.4) is 0 Å². The maximum atomic E-state index is 9.45. The van der Waals surface area contributed by atoms with Crippen molar-refractivity contribution in [2.75, 3.05) is 24.3 Å². The van der Waals surface area contributed by atoms with Crippen LogP contribution < -0.4 is 10.2 Å². The lowest BCUT2D eigenvalue weighted by Crippen LogP contribution is -2.17. The molecule has 1 aliphatic heterocycles. The van der Waals surface area contributed by atoms with Crippen LogP contribution in [0.2, 0.25) is 5.02 Å². The standard InChI is InChI=1S/C12H13ClN4O/c1-16(2)9-4-3-8-7(11(9)13)5-14-12-15-10(18)6-17(8)12/h3-4,6,18H,5H2,1-2H3,(H,14,15). The minimum Gasteiger partial charge on any atom is -0.492 e. The lowest BCUT2D eigenvalue weighted by atomic mass is 10.1. The Morgan fingerprint density at radius 1 is 1.44 bits per heavy atom. The molecule has 1 aromatic heterocycles. The van der Waals surface area contributed by atoms with Crippen molar-refractivity contribution in [2.45, 2.75) is 6.54 Å². The van der Waals surface area contributed by atoms with Crippen LogP contribution in [0, 0.1) is 0 Å². The molecule has 0 spiro atoms. The number of nitrogens with one attached hydrogen (secondary N) is 1. The third-order valence-electron chi connectivity index (χ3n) is 3.06. The monoisotopic (exact) mass is 264 g/mol. The number of benzene rings is 1. The number of halogens is 1. The van der Waals surface area contributed by atoms with E-state index in [0.717, 1.165) is 22.0 Å². The Morgan fingerprint density at radius 2 is 2.22 bits per heavy atom. The second-order valence-corrected chi connectivity index (χ2v) is 4.82. The van der Waals surface area contributed by atoms with Crippen LogP contribution in [0.5, 0.6) is 5.88 Å². The second kappa shape index (κ2) is 3.81. The van der Waals surface area contributed by atoms with E-state index in [1.54, 1.807) is 10.8 Å². The van der Waals surface area contributed by atoms with E-state index in [0.29, 0.717) is 12.5 Å². The molecule has 1 aliphatic rings. The third-order valence-corrected chi connectivity index (χ3v) is 3.48. The van der Waals surface area contributed by atoms with E-state index in [1.807, 2.05) is 31.1 Å². The van der Waals surface area contributed by atoms with Crippen LogP contribution in [0.15, 0.2) is 18.3 Å². The highest BCUT2D eigenvalue weighted by Crippen LogP contribution is 2.37. The first-order valence-electron chi connectivity index (χ1n) is 5.59. The molecule has 3 rings (SSSR count). The van der Waals surface area contributed by atoms with Crippen LogP contribution in [0.4, 0.5) is 11.6 Å². The number of rotatable bonds is 1. The normalized spacial score (nSPS) is 12.6. The Morgan fingerprint density at radius 3 is 2.94 bits per heavy atom. The summed E-state index contributed by atoms with van der Waals surface area (Å²) in [4.78, 5) is 5.97. The molecule has 0 radical (unpaired) electrons. The van der Waals surface area contributed by atoms with Gasteiger partial charge in [0, 0.05) is 26.2 Å². The summed E-state index contributed by atoms with van der Waals surface area (Å²) in [5, 5.41) is 13.3. The fourth-order valence-corrected chi connectivity index (χ4v) is 2.58. The molecule has 0 amide bonds. The maximum absolute atomic E-state index is 9.45. The van der Waals surface area contributed by atoms with Crippen LogP contribution >= 0.6 is 11.6 Å². The zero-order valence-corrected chi connectivity index (χ0v) is 10.9. The average molecular weight is 265 g/mol. The minimum absolute atomic E-state index is 0.00171. The molecule has 1 aromatic carbocycles. The lowest BCUT2D eigenvalue weighted by molar-refractivity contribution is 0.456. The molecule has 0 fully saturated rings. The Balaban J connectivity index is 2.21. The number of imidazole rings is 1. The molecule has 0 bridgehead atoms. The van der Waals surface area contributed by atoms with Crippen LogP contribution in [-0.4, -0.2) is 28.8 Å². The highest BCUT2D eigenvalue weighted by Gasteiger charge is 2.21. The molecule has 94 valence electrons. The summed E-state index contributed by atoms with van der Waals surface area (Å²) in [5.74, 6) is 0.631. The highest BCUT2D eigenvalue weighted by atomic mass is 35.5. The van der Waals surface area contributed by atoms with E-state index >= 15 is 0 Å². The number of hydrogen-bond donors (Lipinski definition) is 2. The number of aromatic hydroxyl groups is 1. The first-order valence-corrected chi connectivity index (χ1v) is 5.97. The Labute approximate surface area is 110 Å². The van der Waals surface area contributed by atoms with Crippen LogP contribution in [0.25, 0.3) is 5.69 Å². The van der Waals surface area contributed by atoms with Crippen LogP contribution in [-0.2, 0) is 6.54 Å². The first kappa shape index (κ1) is 11.2. The molecule has 0 aliphatic carbocycles. The second-order valence-electron chi connectivity index (χ2n) is 4.44. The van der Waals surface area contributed by atoms with Crippen molar-refractivity contribution in [1.29, 1.82) is 0 Å². The largest absolute Gasteiger partial charge is 0.492 e. The predicted octanol–water partition coefficient (Wildman–Crippen LogP) is 2.22. The molecule has 5 nitrogen and oxygen atoms in total. The molecule has 6 heteroatoms. The van der Waals surface area contributed by atoms with E-state index < -0.39 is 0 Å². The maximum Gasteiger partial charge on any atom is 0.231 e. The van der Waals surface area contributed by atoms with E-state index in [9.17, 15) is 5.11 Å². The van der Waals surface area contributed by atoms with Crippen molar-refractivity contribution in [2.24, 2.45) is 0 Å². The number of hydrogen-bond acceptors (Lipinski definition) is 4. The van der Waals surface area contributed by atoms with Gasteiger partial charge in [0.1, 0.15) is 0 Å². The molecule has 2 aromatic rings. The van der Waals surface area contributed by atoms with Crippen molar-refractivity contribution in [3.8, 4) is 11.6 Å². The van der Waals surface area contributed by atoms with Gasteiger partial charge in [-0.25, -0.2) is 0 Å². The Kier molecular flexibility index (Phi) is 2.38. The topological polar surface area (TPSA) is 53.3 Å². The SMILES string of the molecule is CN(C)c1ccc2c(c1Cl)CNc1nc(O)cn1-2. The smallest absolute Gasteiger partial charge is 0.231 e. The fraction of sp³-hybridized carbons (Fsp3) is 0.250. The van der Waals surface area contributed by atoms with Gasteiger partial charge in [-0.05, 0) is 12.1 Å². The zero-order valence-electron chi connectivity index (χ0n) is 10.1. The van der Waals surface area contributed by atoms with Gasteiger partial charge in [-0.1, -0.05) is 11.6 Å². The molecular weight excluding hydrogens is 252 g/mol. The molecule has 0 unspecified atom stereocenters. The zero-order chi connectivity index (χ0) is 12.9. The Hall–Kier alpha value is -1.88. The summed E-state index contributed by atoms with van der Waals surface area (Å²) in [6, 6.07) is 3.95. The van der Waals surface area contributed by atoms with Gasteiger partial charge >= 0.3 is 0 Å². The van der Waals surface area contributed by atoms with Crippen molar-refractivity contribution >= 4 is 23.2 Å². The Bertz CT molecular complexity index is 621. The number of fused-ring (bicyclic) bond motifs is 3. The average Bonchev–Trinajstić information content (AvgIpc) is 2.69. The van der Waals surface area contributed by atoms with Crippen molar-refractivity contribution in [3.63, 3.8) is 0 Å². The van der Waals surface area contributed by atoms with Gasteiger partial charge < -0.3 is 15.3 Å². The molecule has 18 heavy (non-hydrogen) atoms. The molecule has 2 heterocycles. The lowest BCUT2D eigenvalue weighted by Gasteiger charge is -2.24. The number of anilines is 2. The van der Waals surface area contributed by atoms with E-state index in [2.05, 4.69) is 10.3 Å². The van der Waals surface area contributed by atoms with E-state index in [-0.39, 0.29) is 5.88 Å². The highest BCUT2D eigenvalue weighted by molar-refractivity contribution is 6.34. The fourth-order valence-electron chi connectivity index (χ4n) is 2.18. The van der Waals surface area contributed by atoms with Crippen molar-refractivity contribution in [1.82, 2.24) is 9.55 Å². The van der Waals surface area contributed by atoms with Gasteiger partial charge in [0.25, 0.3) is 0 Å². The van der Waals surface area contributed by atoms with Gasteiger partial charge in [0.05, 0.1) is 22.6 Å². The molecule has 0 saturated carbocycles. The van der Waals surface area contributed by atoms with Crippen molar-refractivity contribution in [3.05, 3.63) is 28.9 Å². The molecule has 2 N–H and O–H groups in total. The summed E-state index contributed by atoms with van der Waals surface area (Å²) >= 11 is 6.42. The quantitative estimate of drug-likeness (QED) is 0.829. The van der Waals surface area contributed by atoms with Gasteiger partial charge in [-0.2, -0.15) is 4.98 Å². The third kappa shape index (κ3) is 1.51. The minimum atomic E-state index is -0.00171. The molecule has 0 atom stereocenters. The van der Waals surface area contributed by atoms with E-state index in [1.165, 1.54) is 0 Å². The van der Waals surface area contributed by atoms with E-state index in [4.69, 9.17) is 11.6 Å². The number of aromatic nitrogens is 2. The predicted molar refractivity (Wildman–Crippen MR) is 71.9 cm³/mol. The number of nitrogens with zero attached hydrogens (tertiary/aromatic N) is 3. The summed E-state index contributed by atoms with van der Waals surface area (Å²) in [5.41, 5.74) is 2.94. The molecular formula is C12H13ClN4O. The van der Waals surface area contributed by atoms with Gasteiger partial charge in [0.15, 0.2) is 0 Å². The molecule has 0 saturated heterocycles. The van der Waals surface area contributed by atoms with Crippen molar-refractivity contribution < 1.29 is 5.11 Å². The van der Waals surface area contributed by atoms with Gasteiger partial charge in [-0.3, -0.25) is 4.57 Å². The summed E-state index contributed by atoms with van der Waals surface area (Å²) in [7, 11) is 3.91. The van der Waals surface area contributed by atoms with Gasteiger partial charge in [0.2, 0.25) is 11.8 Å².